The van der Waals surface area contributed by atoms with Crippen molar-refractivity contribution >= 4 is 11.8 Å². The van der Waals surface area contributed by atoms with E-state index in [-0.39, 0.29) is 17.9 Å². The smallest absolute Gasteiger partial charge is 0.251 e. The molecule has 1 aliphatic heterocycles. The van der Waals surface area contributed by atoms with Gasteiger partial charge < -0.3 is 10.2 Å². The molecule has 0 aliphatic carbocycles. The Balaban J connectivity index is 1.61. The third kappa shape index (κ3) is 5.45. The number of carbonyl (C=O) groups is 2. The maximum atomic E-state index is 12.7. The van der Waals surface area contributed by atoms with Gasteiger partial charge in [-0.2, -0.15) is 0 Å². The topological polar surface area (TPSA) is 52.7 Å². The molecule has 3 rings (SSSR count). The monoisotopic (exact) mass is 393 g/mol. The molecule has 1 aliphatic rings. The average molecular weight is 394 g/mol. The average Bonchev–Trinajstić information content (AvgIpc) is 3.16. The second-order valence-electron chi connectivity index (χ2n) is 7.47. The molecule has 1 saturated heterocycles. The highest BCUT2D eigenvalue weighted by molar-refractivity contribution is 5.94. The number of rotatable bonds is 9. The van der Waals surface area contributed by atoms with Crippen LogP contribution in [0.1, 0.15) is 54.2 Å². The van der Waals surface area contributed by atoms with E-state index in [1.165, 1.54) is 5.56 Å². The Morgan fingerprint density at radius 1 is 1.07 bits per heavy atom. The summed E-state index contributed by atoms with van der Waals surface area (Å²) in [6.07, 6.45) is 1.59. The lowest BCUT2D eigenvalue weighted by molar-refractivity contribution is -0.128. The number of likely N-dealkylation sites (tertiary alicyclic amines) is 1. The number of hydrogen-bond donors (Lipinski definition) is 1. The van der Waals surface area contributed by atoms with E-state index in [1.54, 1.807) is 0 Å². The predicted molar refractivity (Wildman–Crippen MR) is 116 cm³/mol. The normalized spacial score (nSPS) is 15.0. The Morgan fingerprint density at radius 2 is 1.76 bits per heavy atom. The largest absolute Gasteiger partial charge is 0.350 e. The van der Waals surface area contributed by atoms with Crippen LogP contribution in [-0.4, -0.2) is 47.8 Å². The molecule has 1 N–H and O–H groups in total. The van der Waals surface area contributed by atoms with Crippen LogP contribution < -0.4 is 5.32 Å². The number of hydrogen-bond acceptors (Lipinski definition) is 3. The molecule has 1 atom stereocenters. The number of benzene rings is 2. The summed E-state index contributed by atoms with van der Waals surface area (Å²) in [6.45, 7) is 8.16. The van der Waals surface area contributed by atoms with Gasteiger partial charge in [0.15, 0.2) is 0 Å². The first-order valence-electron chi connectivity index (χ1n) is 10.6. The van der Waals surface area contributed by atoms with Crippen LogP contribution >= 0.6 is 0 Å². The van der Waals surface area contributed by atoms with Crippen molar-refractivity contribution in [2.45, 2.75) is 39.3 Å². The van der Waals surface area contributed by atoms with Crippen LogP contribution in [0.15, 0.2) is 54.6 Å². The maximum absolute atomic E-state index is 12.7. The van der Waals surface area contributed by atoms with Gasteiger partial charge in [0.25, 0.3) is 5.91 Å². The third-order valence-electron chi connectivity index (χ3n) is 5.65. The number of nitrogens with one attached hydrogen (secondary N) is 1. The van der Waals surface area contributed by atoms with Crippen LogP contribution in [0.2, 0.25) is 0 Å². The summed E-state index contributed by atoms with van der Waals surface area (Å²) in [7, 11) is 0. The minimum Gasteiger partial charge on any atom is -0.350 e. The van der Waals surface area contributed by atoms with Crippen LogP contribution in [0.4, 0.5) is 0 Å². The van der Waals surface area contributed by atoms with Crippen molar-refractivity contribution in [2.75, 3.05) is 26.2 Å². The Morgan fingerprint density at radius 3 is 2.34 bits per heavy atom. The molecule has 29 heavy (non-hydrogen) atoms. The number of likely N-dealkylation sites (N-methyl/N-ethyl adjacent to an activating group) is 1. The SMILES string of the molecule is CCN(CC)C(CNC(=O)c1ccc(CN2CCCC2=O)cc1)c1ccccc1. The molecule has 2 aromatic rings. The second kappa shape index (κ2) is 10.2. The van der Waals surface area contributed by atoms with E-state index in [0.717, 1.165) is 31.6 Å². The minimum absolute atomic E-state index is 0.0677. The summed E-state index contributed by atoms with van der Waals surface area (Å²) in [4.78, 5) is 28.7. The van der Waals surface area contributed by atoms with Crippen LogP contribution in [0, 0.1) is 0 Å². The summed E-state index contributed by atoms with van der Waals surface area (Å²) in [5.41, 5.74) is 2.91. The van der Waals surface area contributed by atoms with Crippen molar-refractivity contribution in [1.29, 1.82) is 0 Å². The van der Waals surface area contributed by atoms with Gasteiger partial charge in [-0.3, -0.25) is 14.5 Å². The van der Waals surface area contributed by atoms with Gasteiger partial charge in [-0.25, -0.2) is 0 Å². The van der Waals surface area contributed by atoms with Crippen molar-refractivity contribution in [3.8, 4) is 0 Å². The molecule has 0 spiro atoms. The fourth-order valence-corrected chi connectivity index (χ4v) is 3.94. The molecule has 0 bridgehead atoms. The number of carbonyl (C=O) groups excluding carboxylic acids is 2. The predicted octanol–water partition coefficient (Wildman–Crippen LogP) is 3.62. The van der Waals surface area contributed by atoms with Crippen LogP contribution in [0.25, 0.3) is 0 Å². The second-order valence-corrected chi connectivity index (χ2v) is 7.47. The molecule has 1 fully saturated rings. The highest BCUT2D eigenvalue weighted by Crippen LogP contribution is 2.20. The molecule has 2 aromatic carbocycles. The first-order valence-corrected chi connectivity index (χ1v) is 10.6. The molecule has 0 saturated carbocycles. The van der Waals surface area contributed by atoms with Crippen molar-refractivity contribution in [3.63, 3.8) is 0 Å². The maximum Gasteiger partial charge on any atom is 0.251 e. The Labute approximate surface area is 173 Å². The molecular weight excluding hydrogens is 362 g/mol. The lowest BCUT2D eigenvalue weighted by Gasteiger charge is -2.30. The molecule has 154 valence electrons. The fourth-order valence-electron chi connectivity index (χ4n) is 3.94. The summed E-state index contributed by atoms with van der Waals surface area (Å²) >= 11 is 0. The van der Waals surface area contributed by atoms with Gasteiger partial charge >= 0.3 is 0 Å². The van der Waals surface area contributed by atoms with Gasteiger partial charge in [0.2, 0.25) is 5.91 Å². The molecule has 5 nitrogen and oxygen atoms in total. The molecule has 2 amide bonds. The van der Waals surface area contributed by atoms with E-state index in [9.17, 15) is 9.59 Å². The molecule has 1 heterocycles. The highest BCUT2D eigenvalue weighted by atomic mass is 16.2. The molecule has 0 radical (unpaired) electrons. The lowest BCUT2D eigenvalue weighted by atomic mass is 10.0. The molecule has 0 aromatic heterocycles. The van der Waals surface area contributed by atoms with E-state index in [4.69, 9.17) is 0 Å². The van der Waals surface area contributed by atoms with E-state index < -0.39 is 0 Å². The van der Waals surface area contributed by atoms with Gasteiger partial charge in [0.1, 0.15) is 0 Å². The van der Waals surface area contributed by atoms with Gasteiger partial charge in [-0.1, -0.05) is 56.3 Å². The lowest BCUT2D eigenvalue weighted by Crippen LogP contribution is -2.38. The van der Waals surface area contributed by atoms with Gasteiger partial charge in [0, 0.05) is 31.6 Å². The molecule has 5 heteroatoms. The standard InChI is InChI=1S/C24H31N3O2/c1-3-26(4-2)22(20-9-6-5-7-10-20)17-25-24(29)21-14-12-19(13-15-21)18-27-16-8-11-23(27)28/h5-7,9-10,12-15,22H,3-4,8,11,16-18H2,1-2H3,(H,25,29). The zero-order valence-corrected chi connectivity index (χ0v) is 17.4. The molecular formula is C24H31N3O2. The first kappa shape index (κ1) is 21.1. The van der Waals surface area contributed by atoms with E-state index in [2.05, 4.69) is 36.2 Å². The number of nitrogens with zero attached hydrogens (tertiary/aromatic N) is 2. The zero-order valence-electron chi connectivity index (χ0n) is 17.4. The number of amides is 2. The van der Waals surface area contributed by atoms with Gasteiger partial charge in [-0.05, 0) is 42.8 Å². The van der Waals surface area contributed by atoms with Crippen molar-refractivity contribution in [1.82, 2.24) is 15.1 Å². The van der Waals surface area contributed by atoms with E-state index in [0.29, 0.717) is 25.1 Å². The van der Waals surface area contributed by atoms with Crippen LogP contribution in [-0.2, 0) is 11.3 Å². The van der Waals surface area contributed by atoms with Crippen LogP contribution in [0.3, 0.4) is 0 Å². The Kier molecular flexibility index (Phi) is 7.42. The third-order valence-corrected chi connectivity index (χ3v) is 5.65. The van der Waals surface area contributed by atoms with Crippen molar-refractivity contribution < 1.29 is 9.59 Å². The van der Waals surface area contributed by atoms with Crippen molar-refractivity contribution in [2.24, 2.45) is 0 Å². The Bertz CT molecular complexity index is 801. The fraction of sp³-hybridized carbons (Fsp3) is 0.417. The molecule has 1 unspecified atom stereocenters. The van der Waals surface area contributed by atoms with Gasteiger partial charge in [-0.15, -0.1) is 0 Å². The summed E-state index contributed by atoms with van der Waals surface area (Å²) in [5.74, 6) is 0.150. The summed E-state index contributed by atoms with van der Waals surface area (Å²) in [6, 6.07) is 18.1. The van der Waals surface area contributed by atoms with Crippen molar-refractivity contribution in [3.05, 3.63) is 71.3 Å². The first-order chi connectivity index (χ1) is 14.1. The quantitative estimate of drug-likeness (QED) is 0.708. The summed E-state index contributed by atoms with van der Waals surface area (Å²) < 4.78 is 0. The zero-order chi connectivity index (χ0) is 20.6. The van der Waals surface area contributed by atoms with Gasteiger partial charge in [0.05, 0.1) is 6.04 Å². The van der Waals surface area contributed by atoms with E-state index in [1.807, 2.05) is 47.4 Å². The Hall–Kier alpha value is -2.66. The van der Waals surface area contributed by atoms with E-state index >= 15 is 0 Å². The summed E-state index contributed by atoms with van der Waals surface area (Å²) in [5, 5.41) is 3.10. The van der Waals surface area contributed by atoms with Crippen LogP contribution in [0.5, 0.6) is 0 Å². The highest BCUT2D eigenvalue weighted by Gasteiger charge is 2.21. The minimum atomic E-state index is -0.0677.